The molecule has 44 heavy (non-hydrogen) atoms. The van der Waals surface area contributed by atoms with Gasteiger partial charge in [-0.1, -0.05) is 30.3 Å². The van der Waals surface area contributed by atoms with E-state index in [9.17, 15) is 19.2 Å². The molecule has 234 valence electrons. The maximum atomic E-state index is 13.8. The number of nitrogens with one attached hydrogen (secondary N) is 2. The number of likely N-dealkylation sites (N-methyl/N-ethyl adjacent to an activating group) is 1. The lowest BCUT2D eigenvalue weighted by Crippen LogP contribution is -2.54. The molecule has 2 aliphatic rings. The SMILES string of the molecule is CN1CCN(CC(=O)NC(CC(=O)c2cc(Br)c(N)c(Br)c2)C(=O)N2CCC(n3nc(-c4ccccc4)[nH]c3=O)CC2)CC1. The smallest absolute Gasteiger partial charge is 0.343 e. The molecule has 12 nitrogen and oxygen atoms in total. The summed E-state index contributed by atoms with van der Waals surface area (Å²) in [6, 6.07) is 11.4. The van der Waals surface area contributed by atoms with Crippen molar-refractivity contribution in [3.63, 3.8) is 0 Å². The summed E-state index contributed by atoms with van der Waals surface area (Å²) in [5, 5.41) is 7.38. The summed E-state index contributed by atoms with van der Waals surface area (Å²) >= 11 is 6.75. The number of ketones is 1. The fourth-order valence-electron chi connectivity index (χ4n) is 5.56. The zero-order chi connectivity index (χ0) is 31.4. The molecule has 3 aromatic rings. The molecule has 2 amide bonds. The van der Waals surface area contributed by atoms with Crippen LogP contribution in [0.5, 0.6) is 0 Å². The number of carbonyl (C=O) groups is 3. The van der Waals surface area contributed by atoms with Crippen LogP contribution in [0.3, 0.4) is 0 Å². The number of rotatable bonds is 9. The number of benzene rings is 2. The number of likely N-dealkylation sites (tertiary alicyclic amines) is 1. The second-order valence-electron chi connectivity index (χ2n) is 11.3. The van der Waals surface area contributed by atoms with Crippen molar-refractivity contribution in [3.05, 3.63) is 67.5 Å². The Labute approximate surface area is 272 Å². The molecule has 0 spiro atoms. The lowest BCUT2D eigenvalue weighted by atomic mass is 10.00. The first-order chi connectivity index (χ1) is 21.1. The normalized spacial score (nSPS) is 17.4. The van der Waals surface area contributed by atoms with Gasteiger partial charge in [-0.3, -0.25) is 24.3 Å². The predicted octanol–water partition coefficient (Wildman–Crippen LogP) is 2.51. The number of H-pyrrole nitrogens is 1. The van der Waals surface area contributed by atoms with Crippen LogP contribution in [0, 0.1) is 0 Å². The average Bonchev–Trinajstić information content (AvgIpc) is 3.42. The Bertz CT molecular complexity index is 1540. The van der Waals surface area contributed by atoms with Gasteiger partial charge in [0.15, 0.2) is 11.6 Å². The number of halogens is 2. The third-order valence-electron chi connectivity index (χ3n) is 8.20. The van der Waals surface area contributed by atoms with Crippen LogP contribution in [0.4, 0.5) is 5.69 Å². The van der Waals surface area contributed by atoms with E-state index in [1.54, 1.807) is 17.0 Å². The molecule has 2 aromatic carbocycles. The number of piperidine rings is 1. The van der Waals surface area contributed by atoms with E-state index in [2.05, 4.69) is 52.2 Å². The molecule has 1 aromatic heterocycles. The van der Waals surface area contributed by atoms with Crippen LogP contribution in [0.25, 0.3) is 11.4 Å². The van der Waals surface area contributed by atoms with Crippen molar-refractivity contribution >= 4 is 55.1 Å². The topological polar surface area (TPSA) is 150 Å². The van der Waals surface area contributed by atoms with Gasteiger partial charge in [-0.15, -0.1) is 5.10 Å². The van der Waals surface area contributed by atoms with Crippen LogP contribution < -0.4 is 16.7 Å². The number of piperazine rings is 1. The van der Waals surface area contributed by atoms with Crippen molar-refractivity contribution in [1.82, 2.24) is 34.8 Å². The van der Waals surface area contributed by atoms with Gasteiger partial charge in [0, 0.05) is 65.8 Å². The molecule has 14 heteroatoms. The van der Waals surface area contributed by atoms with Gasteiger partial charge >= 0.3 is 5.69 Å². The minimum Gasteiger partial charge on any atom is -0.397 e. The van der Waals surface area contributed by atoms with Crippen molar-refractivity contribution in [3.8, 4) is 11.4 Å². The van der Waals surface area contributed by atoms with Crippen molar-refractivity contribution in [1.29, 1.82) is 0 Å². The molecular weight excluding hydrogens is 696 g/mol. The molecule has 5 rings (SSSR count). The van der Waals surface area contributed by atoms with Gasteiger partial charge in [0.1, 0.15) is 6.04 Å². The Balaban J connectivity index is 1.27. The highest BCUT2D eigenvalue weighted by Crippen LogP contribution is 2.30. The maximum absolute atomic E-state index is 13.8. The van der Waals surface area contributed by atoms with Gasteiger partial charge in [0.25, 0.3) is 0 Å². The lowest BCUT2D eigenvalue weighted by Gasteiger charge is -2.35. The molecule has 2 fully saturated rings. The van der Waals surface area contributed by atoms with Crippen molar-refractivity contribution in [2.45, 2.75) is 31.3 Å². The summed E-state index contributed by atoms with van der Waals surface area (Å²) in [5.41, 5.74) is 7.35. The molecule has 2 aliphatic heterocycles. The first-order valence-corrected chi connectivity index (χ1v) is 16.2. The lowest BCUT2D eigenvalue weighted by molar-refractivity contribution is -0.137. The fourth-order valence-corrected chi connectivity index (χ4v) is 6.75. The molecule has 2 saturated heterocycles. The molecule has 1 unspecified atom stereocenters. The summed E-state index contributed by atoms with van der Waals surface area (Å²) < 4.78 is 2.58. The predicted molar refractivity (Wildman–Crippen MR) is 174 cm³/mol. The molecule has 1 atom stereocenters. The largest absolute Gasteiger partial charge is 0.397 e. The van der Waals surface area contributed by atoms with E-state index >= 15 is 0 Å². The van der Waals surface area contributed by atoms with Gasteiger partial charge < -0.3 is 20.9 Å². The van der Waals surface area contributed by atoms with E-state index in [0.717, 1.165) is 31.7 Å². The van der Waals surface area contributed by atoms with E-state index in [4.69, 9.17) is 5.73 Å². The number of aromatic amines is 1. The fraction of sp³-hybridized carbons (Fsp3) is 0.433. The maximum Gasteiger partial charge on any atom is 0.343 e. The molecular formula is C30H36Br2N8O4. The monoisotopic (exact) mass is 730 g/mol. The highest BCUT2D eigenvalue weighted by atomic mass is 79.9. The van der Waals surface area contributed by atoms with Crippen molar-refractivity contribution in [2.24, 2.45) is 0 Å². The third kappa shape index (κ3) is 7.65. The van der Waals surface area contributed by atoms with E-state index in [1.807, 2.05) is 42.3 Å². The number of Topliss-reactive ketones (excluding diaryl/α,β-unsaturated/α-hetero) is 1. The highest BCUT2D eigenvalue weighted by Gasteiger charge is 2.33. The van der Waals surface area contributed by atoms with Gasteiger partial charge in [-0.2, -0.15) is 0 Å². The number of amides is 2. The molecule has 0 radical (unpaired) electrons. The molecule has 0 saturated carbocycles. The Morgan fingerprint density at radius 3 is 2.30 bits per heavy atom. The Morgan fingerprint density at radius 2 is 1.66 bits per heavy atom. The van der Waals surface area contributed by atoms with Crippen molar-refractivity contribution in [2.75, 3.05) is 58.6 Å². The summed E-state index contributed by atoms with van der Waals surface area (Å²) in [7, 11) is 2.04. The average molecular weight is 732 g/mol. The Morgan fingerprint density at radius 1 is 1.02 bits per heavy atom. The van der Waals surface area contributed by atoms with Crippen LogP contribution in [-0.2, 0) is 9.59 Å². The summed E-state index contributed by atoms with van der Waals surface area (Å²) in [4.78, 5) is 61.8. The Hall–Kier alpha value is -3.33. The minimum atomic E-state index is -1.04. The minimum absolute atomic E-state index is 0.151. The second kappa shape index (κ2) is 14.2. The third-order valence-corrected chi connectivity index (χ3v) is 9.51. The number of carbonyl (C=O) groups excluding carboxylic acids is 3. The van der Waals surface area contributed by atoms with Crippen LogP contribution in [0.15, 0.2) is 56.2 Å². The molecule has 0 aliphatic carbocycles. The number of anilines is 1. The van der Waals surface area contributed by atoms with E-state index in [-0.39, 0.29) is 42.3 Å². The van der Waals surface area contributed by atoms with Gasteiger partial charge in [-0.25, -0.2) is 9.48 Å². The Kier molecular flexibility index (Phi) is 10.3. The second-order valence-corrected chi connectivity index (χ2v) is 13.0. The standard InChI is InChI=1S/C30H36Br2N8O4/c1-37-11-13-38(14-12-37)18-26(42)34-24(17-25(41)20-15-22(31)27(33)23(32)16-20)29(43)39-9-7-21(8-10-39)40-30(44)35-28(36-40)19-5-3-2-4-6-19/h2-6,15-16,21,24H,7-14,17-18,33H2,1H3,(H,34,42)(H,35,36,44). The van der Waals surface area contributed by atoms with Crippen LogP contribution in [-0.4, -0.2) is 106 Å². The number of aromatic nitrogens is 3. The zero-order valence-electron chi connectivity index (χ0n) is 24.5. The van der Waals surface area contributed by atoms with Gasteiger partial charge in [0.2, 0.25) is 11.8 Å². The highest BCUT2D eigenvalue weighted by molar-refractivity contribution is 9.11. The van der Waals surface area contributed by atoms with Crippen LogP contribution >= 0.6 is 31.9 Å². The quantitative estimate of drug-likeness (QED) is 0.225. The number of hydrogen-bond donors (Lipinski definition) is 3. The number of nitrogens with two attached hydrogens (primary N) is 1. The van der Waals surface area contributed by atoms with Crippen molar-refractivity contribution < 1.29 is 14.4 Å². The summed E-state index contributed by atoms with van der Waals surface area (Å²) in [5.74, 6) is -0.420. The number of nitrogen functional groups attached to an aromatic ring is 1. The number of nitrogens with zero attached hydrogens (tertiary/aromatic N) is 5. The summed E-state index contributed by atoms with van der Waals surface area (Å²) in [6.07, 6.45) is 0.826. The summed E-state index contributed by atoms with van der Waals surface area (Å²) in [6.45, 7) is 4.09. The molecule has 4 N–H and O–H groups in total. The van der Waals surface area contributed by atoms with E-state index < -0.39 is 6.04 Å². The van der Waals surface area contributed by atoms with Crippen LogP contribution in [0.1, 0.15) is 35.7 Å². The van der Waals surface area contributed by atoms with Crippen LogP contribution in [0.2, 0.25) is 0 Å². The van der Waals surface area contributed by atoms with Gasteiger partial charge in [0.05, 0.1) is 18.3 Å². The zero-order valence-corrected chi connectivity index (χ0v) is 27.6. The van der Waals surface area contributed by atoms with E-state index in [1.165, 1.54) is 4.68 Å². The van der Waals surface area contributed by atoms with Gasteiger partial charge in [-0.05, 0) is 63.9 Å². The first kappa shape index (κ1) is 32.1. The number of hydrogen-bond acceptors (Lipinski definition) is 8. The first-order valence-electron chi connectivity index (χ1n) is 14.6. The van der Waals surface area contributed by atoms with E-state index in [0.29, 0.717) is 52.0 Å². The molecule has 0 bridgehead atoms. The molecule has 3 heterocycles.